The molecule has 1 aliphatic heterocycles. The Morgan fingerprint density at radius 2 is 1.88 bits per heavy atom. The quantitative estimate of drug-likeness (QED) is 0.707. The van der Waals surface area contributed by atoms with Gasteiger partial charge in [-0.1, -0.05) is 41.9 Å². The molecule has 0 spiro atoms. The summed E-state index contributed by atoms with van der Waals surface area (Å²) in [5, 5.41) is 13.3. The Kier molecular flexibility index (Phi) is 4.97. The molecule has 2 heterocycles. The minimum absolute atomic E-state index is 0.136. The van der Waals surface area contributed by atoms with Crippen molar-refractivity contribution in [2.24, 2.45) is 0 Å². The van der Waals surface area contributed by atoms with Crippen molar-refractivity contribution in [1.82, 2.24) is 25.1 Å². The van der Waals surface area contributed by atoms with Crippen LogP contribution in [0.15, 0.2) is 48.5 Å². The number of hydrogen-bond acceptors (Lipinski definition) is 5. The van der Waals surface area contributed by atoms with Crippen molar-refractivity contribution in [2.45, 2.75) is 13.0 Å². The molecule has 134 valence electrons. The van der Waals surface area contributed by atoms with Crippen molar-refractivity contribution in [3.8, 4) is 5.69 Å². The first kappa shape index (κ1) is 17.1. The highest BCUT2D eigenvalue weighted by atomic mass is 35.5. The highest BCUT2D eigenvalue weighted by Gasteiger charge is 2.31. The lowest BCUT2D eigenvalue weighted by atomic mass is 10.0. The maximum absolute atomic E-state index is 6.54. The minimum atomic E-state index is -0.136. The van der Waals surface area contributed by atoms with Crippen LogP contribution in [0.2, 0.25) is 5.02 Å². The first-order chi connectivity index (χ1) is 12.7. The normalized spacial score (nSPS) is 16.5. The molecule has 1 atom stereocenters. The fourth-order valence-corrected chi connectivity index (χ4v) is 3.58. The molecular weight excluding hydrogens is 350 g/mol. The third-order valence-corrected chi connectivity index (χ3v) is 4.94. The van der Waals surface area contributed by atoms with Crippen LogP contribution in [0, 0.1) is 6.92 Å². The molecule has 0 amide bonds. The number of halogens is 1. The number of ether oxygens (including phenoxy) is 1. The van der Waals surface area contributed by atoms with Gasteiger partial charge in [0.15, 0.2) is 5.82 Å². The van der Waals surface area contributed by atoms with Crippen LogP contribution >= 0.6 is 11.6 Å². The summed E-state index contributed by atoms with van der Waals surface area (Å²) in [5.74, 6) is 0.755. The molecular formula is C19H20ClN5O. The molecule has 26 heavy (non-hydrogen) atoms. The predicted molar refractivity (Wildman–Crippen MR) is 99.6 cm³/mol. The molecule has 6 nitrogen and oxygen atoms in total. The number of hydrogen-bond donors (Lipinski definition) is 0. The number of nitrogens with zero attached hydrogens (tertiary/aromatic N) is 5. The summed E-state index contributed by atoms with van der Waals surface area (Å²) in [6.07, 6.45) is 0. The van der Waals surface area contributed by atoms with Crippen LogP contribution in [0.25, 0.3) is 5.69 Å². The van der Waals surface area contributed by atoms with Gasteiger partial charge in [0.25, 0.3) is 0 Å². The van der Waals surface area contributed by atoms with Crippen molar-refractivity contribution in [3.05, 3.63) is 70.5 Å². The van der Waals surface area contributed by atoms with Crippen LogP contribution < -0.4 is 0 Å². The average molecular weight is 370 g/mol. The smallest absolute Gasteiger partial charge is 0.178 e. The van der Waals surface area contributed by atoms with Gasteiger partial charge in [-0.25, -0.2) is 0 Å². The molecule has 1 aliphatic rings. The third-order valence-electron chi connectivity index (χ3n) is 4.60. The first-order valence-electron chi connectivity index (χ1n) is 8.65. The second kappa shape index (κ2) is 7.53. The average Bonchev–Trinajstić information content (AvgIpc) is 3.14. The lowest BCUT2D eigenvalue weighted by Crippen LogP contribution is -2.40. The van der Waals surface area contributed by atoms with Crippen LogP contribution in [0.5, 0.6) is 0 Å². The summed E-state index contributed by atoms with van der Waals surface area (Å²) in [6, 6.07) is 15.9. The summed E-state index contributed by atoms with van der Waals surface area (Å²) in [5.41, 5.74) is 3.10. The standard InChI is InChI=1S/C19H20ClN5O/c1-14-5-4-6-15(13-14)25-19(21-22-23-25)18(24-9-11-26-12-10-24)16-7-2-3-8-17(16)20/h2-8,13,18H,9-12H2,1H3. The fourth-order valence-electron chi connectivity index (χ4n) is 3.34. The molecule has 0 N–H and O–H groups in total. The Hall–Kier alpha value is -2.28. The molecule has 4 rings (SSSR count). The van der Waals surface area contributed by atoms with Crippen LogP contribution in [0.4, 0.5) is 0 Å². The molecule has 1 unspecified atom stereocenters. The van der Waals surface area contributed by atoms with E-state index in [0.29, 0.717) is 18.2 Å². The molecule has 1 aromatic heterocycles. The van der Waals surface area contributed by atoms with Crippen LogP contribution in [-0.2, 0) is 4.74 Å². The summed E-state index contributed by atoms with van der Waals surface area (Å²) < 4.78 is 7.33. The molecule has 2 aromatic carbocycles. The van der Waals surface area contributed by atoms with Crippen LogP contribution in [0.3, 0.4) is 0 Å². The Bertz CT molecular complexity index is 891. The first-order valence-corrected chi connectivity index (χ1v) is 9.03. The zero-order valence-electron chi connectivity index (χ0n) is 14.5. The largest absolute Gasteiger partial charge is 0.379 e. The second-order valence-corrected chi connectivity index (χ2v) is 6.77. The lowest BCUT2D eigenvalue weighted by molar-refractivity contribution is 0.0220. The van der Waals surface area contributed by atoms with Crippen molar-refractivity contribution < 1.29 is 4.74 Å². The Morgan fingerprint density at radius 1 is 1.08 bits per heavy atom. The molecule has 0 radical (unpaired) electrons. The second-order valence-electron chi connectivity index (χ2n) is 6.36. The molecule has 0 saturated carbocycles. The summed E-state index contributed by atoms with van der Waals surface area (Å²) in [4.78, 5) is 2.32. The third kappa shape index (κ3) is 3.35. The van der Waals surface area contributed by atoms with Crippen LogP contribution in [-0.4, -0.2) is 51.4 Å². The lowest BCUT2D eigenvalue weighted by Gasteiger charge is -2.34. The molecule has 3 aromatic rings. The van der Waals surface area contributed by atoms with Gasteiger partial charge in [-0.2, -0.15) is 4.68 Å². The van der Waals surface area contributed by atoms with E-state index in [2.05, 4.69) is 39.5 Å². The van der Waals surface area contributed by atoms with Crippen molar-refractivity contribution in [1.29, 1.82) is 0 Å². The maximum Gasteiger partial charge on any atom is 0.178 e. The minimum Gasteiger partial charge on any atom is -0.379 e. The monoisotopic (exact) mass is 369 g/mol. The Balaban J connectivity index is 1.83. The van der Waals surface area contributed by atoms with Crippen molar-refractivity contribution in [3.63, 3.8) is 0 Å². The van der Waals surface area contributed by atoms with Crippen LogP contribution in [0.1, 0.15) is 23.0 Å². The van der Waals surface area contributed by atoms with E-state index in [0.717, 1.165) is 35.7 Å². The van der Waals surface area contributed by atoms with Crippen molar-refractivity contribution in [2.75, 3.05) is 26.3 Å². The van der Waals surface area contributed by atoms with Gasteiger partial charge in [0.05, 0.1) is 24.9 Å². The fraction of sp³-hybridized carbons (Fsp3) is 0.316. The molecule has 1 saturated heterocycles. The van der Waals surface area contributed by atoms with E-state index in [4.69, 9.17) is 16.3 Å². The Labute approximate surface area is 157 Å². The zero-order chi connectivity index (χ0) is 17.9. The van der Waals surface area contributed by atoms with Gasteiger partial charge in [-0.3, -0.25) is 4.90 Å². The van der Waals surface area contributed by atoms with Gasteiger partial charge < -0.3 is 4.74 Å². The Morgan fingerprint density at radius 3 is 2.65 bits per heavy atom. The van der Waals surface area contributed by atoms with E-state index in [1.54, 1.807) is 4.68 Å². The predicted octanol–water partition coefficient (Wildman–Crippen LogP) is 3.05. The van der Waals surface area contributed by atoms with E-state index in [1.807, 2.05) is 36.4 Å². The van der Waals surface area contributed by atoms with Gasteiger partial charge in [0.2, 0.25) is 0 Å². The highest BCUT2D eigenvalue weighted by molar-refractivity contribution is 6.31. The highest BCUT2D eigenvalue weighted by Crippen LogP contribution is 2.33. The van der Waals surface area contributed by atoms with Gasteiger partial charge in [0, 0.05) is 18.1 Å². The van der Waals surface area contributed by atoms with Gasteiger partial charge in [-0.15, -0.1) is 5.10 Å². The van der Waals surface area contributed by atoms with Crippen molar-refractivity contribution >= 4 is 11.6 Å². The number of aromatic nitrogens is 4. The molecule has 0 bridgehead atoms. The number of rotatable bonds is 4. The van der Waals surface area contributed by atoms with E-state index < -0.39 is 0 Å². The molecule has 7 heteroatoms. The van der Waals surface area contributed by atoms with Gasteiger partial charge in [-0.05, 0) is 46.7 Å². The molecule has 0 aliphatic carbocycles. The topological polar surface area (TPSA) is 56.1 Å². The van der Waals surface area contributed by atoms with E-state index >= 15 is 0 Å². The number of aryl methyl sites for hydroxylation is 1. The van der Waals surface area contributed by atoms with E-state index in [1.165, 1.54) is 0 Å². The van der Waals surface area contributed by atoms with Gasteiger partial charge >= 0.3 is 0 Å². The summed E-state index contributed by atoms with van der Waals surface area (Å²) >= 11 is 6.54. The zero-order valence-corrected chi connectivity index (χ0v) is 15.3. The van der Waals surface area contributed by atoms with Gasteiger partial charge in [0.1, 0.15) is 0 Å². The number of morpholine rings is 1. The number of benzene rings is 2. The van der Waals surface area contributed by atoms with E-state index in [9.17, 15) is 0 Å². The van der Waals surface area contributed by atoms with E-state index in [-0.39, 0.29) is 6.04 Å². The SMILES string of the molecule is Cc1cccc(-n2nnnc2C(c2ccccc2Cl)N2CCOCC2)c1. The molecule has 1 fully saturated rings. The number of tetrazole rings is 1. The maximum atomic E-state index is 6.54. The summed E-state index contributed by atoms with van der Waals surface area (Å²) in [6.45, 7) is 5.04. The summed E-state index contributed by atoms with van der Waals surface area (Å²) in [7, 11) is 0.